The van der Waals surface area contributed by atoms with Gasteiger partial charge < -0.3 is 14.9 Å². The number of nitrogens with zero attached hydrogens (tertiary/aromatic N) is 2. The summed E-state index contributed by atoms with van der Waals surface area (Å²) in [6.07, 6.45) is 0. The molecule has 0 aromatic heterocycles. The van der Waals surface area contributed by atoms with Crippen LogP contribution in [0.4, 0.5) is 4.39 Å². The number of hydrogen-bond acceptors (Lipinski definition) is 6. The Morgan fingerprint density at radius 1 is 1.03 bits per heavy atom. The van der Waals surface area contributed by atoms with E-state index in [9.17, 15) is 19.4 Å². The Labute approximate surface area is 176 Å². The highest BCUT2D eigenvalue weighted by atomic mass is 32.2. The number of phenolic OH excluding ortho intramolecular Hbond substituents is 2. The van der Waals surface area contributed by atoms with E-state index >= 15 is 0 Å². The minimum Gasteiger partial charge on any atom is -0.507 e. The zero-order valence-corrected chi connectivity index (χ0v) is 16.6. The number of methoxy groups -OCH3 is 1. The molecule has 4 rings (SSSR count). The Kier molecular flexibility index (Phi) is 5.33. The summed E-state index contributed by atoms with van der Waals surface area (Å²) in [7, 11) is 1.43. The van der Waals surface area contributed by atoms with Crippen molar-refractivity contribution in [1.29, 1.82) is 0 Å². The zero-order valence-electron chi connectivity index (χ0n) is 15.8. The van der Waals surface area contributed by atoms with Crippen LogP contribution in [0.5, 0.6) is 17.2 Å². The number of amides is 1. The zero-order chi connectivity index (χ0) is 21.3. The minimum absolute atomic E-state index is 0.0687. The molecule has 8 heteroatoms. The van der Waals surface area contributed by atoms with Crippen molar-refractivity contribution in [3.05, 3.63) is 89.2 Å². The summed E-state index contributed by atoms with van der Waals surface area (Å²) < 4.78 is 18.7. The van der Waals surface area contributed by atoms with Gasteiger partial charge in [-0.3, -0.25) is 4.79 Å². The van der Waals surface area contributed by atoms with Gasteiger partial charge >= 0.3 is 0 Å². The number of phenols is 2. The fraction of sp³-hybridized carbons (Fsp3) is 0.0909. The number of rotatable bonds is 4. The Balaban J connectivity index is 1.81. The monoisotopic (exact) mass is 424 g/mol. The second-order valence-electron chi connectivity index (χ2n) is 6.45. The quantitative estimate of drug-likeness (QED) is 0.645. The molecule has 1 unspecified atom stereocenters. The first-order valence-electron chi connectivity index (χ1n) is 8.98. The van der Waals surface area contributed by atoms with E-state index < -0.39 is 11.3 Å². The predicted octanol–water partition coefficient (Wildman–Crippen LogP) is 4.50. The fourth-order valence-corrected chi connectivity index (χ4v) is 4.31. The number of aromatic hydroxyl groups is 2. The third-order valence-electron chi connectivity index (χ3n) is 4.57. The number of ether oxygens (including phenoxy) is 1. The molecule has 0 bridgehead atoms. The average Bonchev–Trinajstić information content (AvgIpc) is 3.19. The van der Waals surface area contributed by atoms with Gasteiger partial charge in [-0.15, -0.1) is 0 Å². The second-order valence-corrected chi connectivity index (χ2v) is 7.52. The van der Waals surface area contributed by atoms with Crippen molar-refractivity contribution >= 4 is 22.7 Å². The van der Waals surface area contributed by atoms with Gasteiger partial charge in [-0.2, -0.15) is 5.10 Å². The SMILES string of the molecule is COc1c(O)cccc1C1SC(c2ccc(F)cc2)=NN1C(=O)c1ccccc1O. The lowest BCUT2D eigenvalue weighted by atomic mass is 10.1. The number of hydrogen-bond donors (Lipinski definition) is 2. The Hall–Kier alpha value is -3.52. The first kappa shape index (κ1) is 19.8. The molecule has 1 atom stereocenters. The summed E-state index contributed by atoms with van der Waals surface area (Å²) in [5, 5.41) is 25.9. The molecule has 0 saturated heterocycles. The molecule has 1 heterocycles. The third kappa shape index (κ3) is 3.57. The third-order valence-corrected chi connectivity index (χ3v) is 5.79. The summed E-state index contributed by atoms with van der Waals surface area (Å²) in [6, 6.07) is 16.8. The molecule has 0 fully saturated rings. The summed E-state index contributed by atoms with van der Waals surface area (Å²) in [5.41, 5.74) is 1.26. The topological polar surface area (TPSA) is 82.4 Å². The molecular weight excluding hydrogens is 407 g/mol. The predicted molar refractivity (Wildman–Crippen MR) is 112 cm³/mol. The highest BCUT2D eigenvalue weighted by Gasteiger charge is 2.37. The maximum atomic E-state index is 13.3. The maximum Gasteiger partial charge on any atom is 0.279 e. The van der Waals surface area contributed by atoms with Gasteiger partial charge in [-0.25, -0.2) is 9.40 Å². The van der Waals surface area contributed by atoms with E-state index in [2.05, 4.69) is 5.10 Å². The molecule has 1 aliphatic rings. The molecule has 3 aromatic rings. The summed E-state index contributed by atoms with van der Waals surface area (Å²) in [4.78, 5) is 13.2. The van der Waals surface area contributed by atoms with Crippen LogP contribution >= 0.6 is 11.8 Å². The van der Waals surface area contributed by atoms with Crippen molar-refractivity contribution in [3.8, 4) is 17.2 Å². The molecule has 0 aliphatic carbocycles. The number of carbonyl (C=O) groups excluding carboxylic acids is 1. The first-order chi connectivity index (χ1) is 14.5. The first-order valence-corrected chi connectivity index (χ1v) is 9.86. The van der Waals surface area contributed by atoms with Crippen LogP contribution in [-0.2, 0) is 0 Å². The lowest BCUT2D eigenvalue weighted by molar-refractivity contribution is 0.0744. The molecule has 30 heavy (non-hydrogen) atoms. The fourth-order valence-electron chi connectivity index (χ4n) is 3.13. The molecule has 0 radical (unpaired) electrons. The molecule has 6 nitrogen and oxygen atoms in total. The summed E-state index contributed by atoms with van der Waals surface area (Å²) in [6.45, 7) is 0. The summed E-state index contributed by atoms with van der Waals surface area (Å²) in [5.74, 6) is -0.912. The van der Waals surface area contributed by atoms with Crippen molar-refractivity contribution in [2.75, 3.05) is 7.11 Å². The number of benzene rings is 3. The Morgan fingerprint density at radius 3 is 2.43 bits per heavy atom. The number of carbonyl (C=O) groups is 1. The van der Waals surface area contributed by atoms with Crippen molar-refractivity contribution in [1.82, 2.24) is 5.01 Å². The Morgan fingerprint density at radius 2 is 1.73 bits per heavy atom. The standard InChI is InChI=1S/C22H17FN2O4S/c1-29-19-16(6-4-8-18(19)27)22-25(21(28)15-5-2-3-7-17(15)26)24-20(30-22)13-9-11-14(23)12-10-13/h2-12,22,26-27H,1H3. The van der Waals surface area contributed by atoms with Gasteiger partial charge in [-0.05, 0) is 42.5 Å². The lowest BCUT2D eigenvalue weighted by Gasteiger charge is -2.23. The molecular formula is C22H17FN2O4S. The van der Waals surface area contributed by atoms with E-state index in [-0.39, 0.29) is 28.6 Å². The van der Waals surface area contributed by atoms with E-state index in [4.69, 9.17) is 4.74 Å². The molecule has 3 aromatic carbocycles. The minimum atomic E-state index is -0.667. The van der Waals surface area contributed by atoms with Crippen LogP contribution in [-0.4, -0.2) is 33.3 Å². The van der Waals surface area contributed by atoms with Crippen LogP contribution in [0.3, 0.4) is 0 Å². The molecule has 2 N–H and O–H groups in total. The number of hydrazone groups is 1. The van der Waals surface area contributed by atoms with Gasteiger partial charge in [0.15, 0.2) is 11.5 Å². The largest absolute Gasteiger partial charge is 0.507 e. The second kappa shape index (κ2) is 8.08. The van der Waals surface area contributed by atoms with Gasteiger partial charge in [0.05, 0.1) is 12.7 Å². The highest BCUT2D eigenvalue weighted by molar-refractivity contribution is 8.14. The van der Waals surface area contributed by atoms with Gasteiger partial charge in [-0.1, -0.05) is 36.0 Å². The van der Waals surface area contributed by atoms with Gasteiger partial charge in [0.2, 0.25) is 0 Å². The van der Waals surface area contributed by atoms with Crippen LogP contribution in [0.15, 0.2) is 71.8 Å². The van der Waals surface area contributed by atoms with Crippen LogP contribution in [0.1, 0.15) is 26.9 Å². The van der Waals surface area contributed by atoms with Crippen molar-refractivity contribution in [3.63, 3.8) is 0 Å². The maximum absolute atomic E-state index is 13.3. The Bertz CT molecular complexity index is 1130. The number of para-hydroxylation sites is 2. The van der Waals surface area contributed by atoms with E-state index in [1.54, 1.807) is 36.4 Å². The number of halogens is 1. The van der Waals surface area contributed by atoms with E-state index in [0.717, 1.165) is 0 Å². The highest BCUT2D eigenvalue weighted by Crippen LogP contribution is 2.47. The van der Waals surface area contributed by atoms with Crippen LogP contribution < -0.4 is 4.74 Å². The molecule has 152 valence electrons. The smallest absolute Gasteiger partial charge is 0.279 e. The molecule has 0 spiro atoms. The number of thioether (sulfide) groups is 1. The molecule has 1 amide bonds. The van der Waals surface area contributed by atoms with Crippen molar-refractivity contribution < 1.29 is 24.1 Å². The van der Waals surface area contributed by atoms with E-state index in [0.29, 0.717) is 16.2 Å². The van der Waals surface area contributed by atoms with E-state index in [1.807, 2.05) is 0 Å². The van der Waals surface area contributed by atoms with Gasteiger partial charge in [0, 0.05) is 11.1 Å². The van der Waals surface area contributed by atoms with E-state index in [1.165, 1.54) is 54.2 Å². The van der Waals surface area contributed by atoms with Crippen LogP contribution in [0, 0.1) is 5.82 Å². The molecule has 1 aliphatic heterocycles. The van der Waals surface area contributed by atoms with Crippen LogP contribution in [0.25, 0.3) is 0 Å². The van der Waals surface area contributed by atoms with Gasteiger partial charge in [0.1, 0.15) is 22.0 Å². The van der Waals surface area contributed by atoms with Crippen molar-refractivity contribution in [2.24, 2.45) is 5.10 Å². The lowest BCUT2D eigenvalue weighted by Crippen LogP contribution is -2.26. The van der Waals surface area contributed by atoms with Crippen LogP contribution in [0.2, 0.25) is 0 Å². The summed E-state index contributed by atoms with van der Waals surface area (Å²) >= 11 is 1.26. The van der Waals surface area contributed by atoms with Gasteiger partial charge in [0.25, 0.3) is 5.91 Å². The average molecular weight is 424 g/mol. The van der Waals surface area contributed by atoms with Crippen molar-refractivity contribution in [2.45, 2.75) is 5.37 Å². The molecule has 0 saturated carbocycles. The normalized spacial score (nSPS) is 15.7.